The van der Waals surface area contributed by atoms with E-state index in [1.807, 2.05) is 0 Å². The van der Waals surface area contributed by atoms with Gasteiger partial charge in [0.05, 0.1) is 0 Å². The maximum Gasteiger partial charge on any atom is 0.432 e. The van der Waals surface area contributed by atoms with Gasteiger partial charge in [-0.15, -0.1) is 0 Å². The van der Waals surface area contributed by atoms with Gasteiger partial charge in [-0.3, -0.25) is 4.99 Å². The second-order valence-corrected chi connectivity index (χ2v) is 5.31. The fourth-order valence-corrected chi connectivity index (χ4v) is 2.71. The van der Waals surface area contributed by atoms with Crippen molar-refractivity contribution in [3.8, 4) is 0 Å². The third kappa shape index (κ3) is 2.80. The molecule has 1 aliphatic heterocycles. The van der Waals surface area contributed by atoms with Crippen LogP contribution in [0.4, 0.5) is 13.2 Å². The Morgan fingerprint density at radius 1 is 0.826 bits per heavy atom. The number of nitrogens with zero attached hydrogens (tertiary/aromatic N) is 1. The Morgan fingerprint density at radius 2 is 1.30 bits per heavy atom. The summed E-state index contributed by atoms with van der Waals surface area (Å²) in [5.74, 6) is 0. The molecule has 0 saturated carbocycles. The van der Waals surface area contributed by atoms with Crippen molar-refractivity contribution in [2.75, 3.05) is 0 Å². The molecule has 1 N–H and O–H groups in total. The van der Waals surface area contributed by atoms with E-state index in [1.165, 1.54) is 6.08 Å². The fourth-order valence-electron chi connectivity index (χ4n) is 2.71. The van der Waals surface area contributed by atoms with Gasteiger partial charge in [-0.05, 0) is 17.2 Å². The van der Waals surface area contributed by atoms with Crippen molar-refractivity contribution in [3.63, 3.8) is 0 Å². The van der Waals surface area contributed by atoms with E-state index < -0.39 is 23.5 Å². The lowest BCUT2D eigenvalue weighted by molar-refractivity contribution is -0.0580. The summed E-state index contributed by atoms with van der Waals surface area (Å²) in [6, 6.07) is 16.2. The largest absolute Gasteiger partial charge is 0.432 e. The summed E-state index contributed by atoms with van der Waals surface area (Å²) in [5.41, 5.74) is -1.65. The Labute approximate surface area is 131 Å². The van der Waals surface area contributed by atoms with Crippen LogP contribution in [0.25, 0.3) is 0 Å². The number of benzene rings is 2. The monoisotopic (exact) mass is 317 g/mol. The van der Waals surface area contributed by atoms with Gasteiger partial charge in [-0.25, -0.2) is 0 Å². The zero-order chi connectivity index (χ0) is 16.5. The molecule has 0 radical (unpaired) electrons. The van der Waals surface area contributed by atoms with E-state index in [0.717, 1.165) is 6.08 Å². The van der Waals surface area contributed by atoms with E-state index in [-0.39, 0.29) is 0 Å². The Bertz CT molecular complexity index is 696. The van der Waals surface area contributed by atoms with Gasteiger partial charge in [-0.1, -0.05) is 66.7 Å². The van der Waals surface area contributed by atoms with Gasteiger partial charge in [0, 0.05) is 0 Å². The number of hydrogen-bond acceptors (Lipinski definition) is 2. The van der Waals surface area contributed by atoms with Gasteiger partial charge < -0.3 is 5.11 Å². The zero-order valence-corrected chi connectivity index (χ0v) is 12.0. The first kappa shape index (κ1) is 15.5. The summed E-state index contributed by atoms with van der Waals surface area (Å²) >= 11 is 0. The molecule has 0 spiro atoms. The van der Waals surface area contributed by atoms with Crippen molar-refractivity contribution in [1.29, 1.82) is 0 Å². The molecule has 1 aliphatic rings. The molecular formula is C18H14F3NO. The van der Waals surface area contributed by atoms with Crippen LogP contribution in [0.1, 0.15) is 11.1 Å². The minimum atomic E-state index is -4.53. The van der Waals surface area contributed by atoms with Crippen LogP contribution in [0.15, 0.2) is 77.8 Å². The third-order valence-electron chi connectivity index (χ3n) is 3.86. The summed E-state index contributed by atoms with van der Waals surface area (Å²) in [5, 5.41) is 11.3. The number of rotatable bonds is 3. The van der Waals surface area contributed by atoms with Crippen molar-refractivity contribution >= 4 is 5.71 Å². The summed E-state index contributed by atoms with van der Waals surface area (Å²) < 4.78 is 38.6. The maximum absolute atomic E-state index is 12.9. The van der Waals surface area contributed by atoms with E-state index in [1.54, 1.807) is 60.7 Å². The van der Waals surface area contributed by atoms with Gasteiger partial charge in [0.25, 0.3) is 0 Å². The molecule has 0 aromatic heterocycles. The molecule has 2 aromatic rings. The Balaban J connectivity index is 2.12. The van der Waals surface area contributed by atoms with E-state index in [2.05, 4.69) is 4.99 Å². The summed E-state index contributed by atoms with van der Waals surface area (Å²) in [6.45, 7) is 0. The average molecular weight is 317 g/mol. The first-order valence-electron chi connectivity index (χ1n) is 7.09. The molecule has 23 heavy (non-hydrogen) atoms. The maximum atomic E-state index is 12.9. The highest BCUT2D eigenvalue weighted by Gasteiger charge is 2.44. The second kappa shape index (κ2) is 5.66. The highest BCUT2D eigenvalue weighted by atomic mass is 19.4. The van der Waals surface area contributed by atoms with E-state index in [0.29, 0.717) is 11.1 Å². The fraction of sp³-hybridized carbons (Fsp3) is 0.167. The van der Waals surface area contributed by atoms with Crippen LogP contribution in [0.2, 0.25) is 0 Å². The lowest BCUT2D eigenvalue weighted by Gasteiger charge is -2.32. The number of allylic oxidation sites excluding steroid dienone is 1. The molecule has 2 aromatic carbocycles. The molecule has 0 fully saturated rings. The number of aliphatic hydroxyl groups is 1. The third-order valence-corrected chi connectivity index (χ3v) is 3.86. The molecular weight excluding hydrogens is 303 g/mol. The number of aliphatic imine (C=N–C) groups is 1. The number of hydrogen-bond donors (Lipinski definition) is 1. The highest BCUT2D eigenvalue weighted by molar-refractivity contribution is 6.01. The molecule has 0 saturated heterocycles. The minimum Gasteiger partial charge on any atom is -0.378 e. The number of halogens is 3. The van der Waals surface area contributed by atoms with Gasteiger partial charge >= 0.3 is 6.18 Å². The molecule has 5 heteroatoms. The molecule has 0 amide bonds. The Hall–Kier alpha value is -2.40. The Kier molecular flexibility index (Phi) is 3.82. The molecule has 3 rings (SSSR count). The Morgan fingerprint density at radius 3 is 1.70 bits per heavy atom. The van der Waals surface area contributed by atoms with Crippen LogP contribution >= 0.6 is 0 Å². The van der Waals surface area contributed by atoms with Crippen molar-refractivity contribution < 1.29 is 18.3 Å². The summed E-state index contributed by atoms with van der Waals surface area (Å²) in [6.07, 6.45) is -2.32. The predicted molar refractivity (Wildman–Crippen MR) is 82.3 cm³/mol. The number of alkyl halides is 3. The summed E-state index contributed by atoms with van der Waals surface area (Å²) in [7, 11) is 0. The van der Waals surface area contributed by atoms with Gasteiger partial charge in [-0.2, -0.15) is 13.2 Å². The van der Waals surface area contributed by atoms with E-state index in [9.17, 15) is 18.3 Å². The first-order chi connectivity index (χ1) is 10.9. The average Bonchev–Trinajstić information content (AvgIpc) is 3.06. The van der Waals surface area contributed by atoms with Gasteiger partial charge in [0.15, 0.2) is 0 Å². The van der Waals surface area contributed by atoms with Crippen LogP contribution in [0.3, 0.4) is 0 Å². The first-order valence-corrected chi connectivity index (χ1v) is 7.09. The SMILES string of the molecule is OC(c1ccccc1)(c1ccccc1)C1C=CC(C(F)(F)F)=N1. The van der Waals surface area contributed by atoms with Crippen LogP contribution in [-0.4, -0.2) is 23.0 Å². The van der Waals surface area contributed by atoms with Crippen molar-refractivity contribution in [1.82, 2.24) is 0 Å². The molecule has 1 unspecified atom stereocenters. The molecule has 1 heterocycles. The van der Waals surface area contributed by atoms with E-state index >= 15 is 0 Å². The quantitative estimate of drug-likeness (QED) is 0.916. The van der Waals surface area contributed by atoms with Crippen molar-refractivity contribution in [2.45, 2.75) is 17.8 Å². The van der Waals surface area contributed by atoms with Gasteiger partial charge in [0.2, 0.25) is 0 Å². The topological polar surface area (TPSA) is 32.6 Å². The second-order valence-electron chi connectivity index (χ2n) is 5.31. The molecule has 2 nitrogen and oxygen atoms in total. The van der Waals surface area contributed by atoms with Crippen molar-refractivity contribution in [3.05, 3.63) is 83.9 Å². The zero-order valence-electron chi connectivity index (χ0n) is 12.0. The van der Waals surface area contributed by atoms with Gasteiger partial charge in [0.1, 0.15) is 17.4 Å². The molecule has 118 valence electrons. The van der Waals surface area contributed by atoms with Crippen molar-refractivity contribution in [2.24, 2.45) is 4.99 Å². The van der Waals surface area contributed by atoms with Crippen LogP contribution in [0, 0.1) is 0 Å². The highest BCUT2D eigenvalue weighted by Crippen LogP contribution is 2.38. The smallest absolute Gasteiger partial charge is 0.378 e. The normalized spacial score (nSPS) is 18.1. The van der Waals surface area contributed by atoms with E-state index in [4.69, 9.17) is 0 Å². The molecule has 0 aliphatic carbocycles. The van der Waals surface area contributed by atoms with Crippen LogP contribution < -0.4 is 0 Å². The molecule has 0 bridgehead atoms. The van der Waals surface area contributed by atoms with Crippen LogP contribution in [0.5, 0.6) is 0 Å². The molecule has 1 atom stereocenters. The lowest BCUT2D eigenvalue weighted by Crippen LogP contribution is -2.38. The van der Waals surface area contributed by atoms with Crippen LogP contribution in [-0.2, 0) is 5.60 Å². The lowest BCUT2D eigenvalue weighted by atomic mass is 9.80. The minimum absolute atomic E-state index is 0.494. The predicted octanol–water partition coefficient (Wildman–Crippen LogP) is 3.86. The standard InChI is InChI=1S/C18H14F3NO/c19-18(20,21)16-12-11-15(22-16)17(23,13-7-3-1-4-8-13)14-9-5-2-6-10-14/h1-12,15,23H. The summed E-state index contributed by atoms with van der Waals surface area (Å²) in [4.78, 5) is 3.71.